The van der Waals surface area contributed by atoms with E-state index in [-0.39, 0.29) is 0 Å². The van der Waals surface area contributed by atoms with Crippen LogP contribution >= 0.6 is 23.2 Å². The van der Waals surface area contributed by atoms with E-state index in [9.17, 15) is 5.11 Å². The van der Waals surface area contributed by atoms with Crippen LogP contribution in [0.5, 0.6) is 0 Å². The first-order valence-electron chi connectivity index (χ1n) is 6.72. The average Bonchev–Trinajstić information content (AvgIpc) is 2.42. The van der Waals surface area contributed by atoms with Gasteiger partial charge >= 0.3 is 0 Å². The monoisotopic (exact) mass is 308 g/mol. The summed E-state index contributed by atoms with van der Waals surface area (Å²) in [6.07, 6.45) is 1.70. The van der Waals surface area contributed by atoms with Crippen molar-refractivity contribution in [2.24, 2.45) is 0 Å². The van der Waals surface area contributed by atoms with Crippen molar-refractivity contribution >= 4 is 23.2 Å². The standard InChI is InChI=1S/C17H18Cl2O/c1-12-2-4-13(5-3-12)6-8-16(20)11-14-10-15(18)7-9-17(14)19/h2-5,7,9-10,16,20H,6,8,11H2,1H3. The minimum atomic E-state index is -0.410. The lowest BCUT2D eigenvalue weighted by molar-refractivity contribution is 0.165. The van der Waals surface area contributed by atoms with Gasteiger partial charge in [0.05, 0.1) is 6.10 Å². The highest BCUT2D eigenvalue weighted by Crippen LogP contribution is 2.22. The van der Waals surface area contributed by atoms with Gasteiger partial charge in [0.1, 0.15) is 0 Å². The predicted molar refractivity (Wildman–Crippen MR) is 85.7 cm³/mol. The molecule has 1 nitrogen and oxygen atoms in total. The summed E-state index contributed by atoms with van der Waals surface area (Å²) in [6.45, 7) is 2.07. The Morgan fingerprint density at radius 3 is 2.45 bits per heavy atom. The Labute approximate surface area is 130 Å². The normalized spacial score (nSPS) is 12.4. The maximum absolute atomic E-state index is 10.1. The van der Waals surface area contributed by atoms with Crippen molar-refractivity contribution < 1.29 is 5.11 Å². The molecule has 0 aliphatic rings. The van der Waals surface area contributed by atoms with Crippen molar-refractivity contribution in [3.05, 3.63) is 69.2 Å². The van der Waals surface area contributed by atoms with Crippen molar-refractivity contribution in [3.63, 3.8) is 0 Å². The molecule has 0 bridgehead atoms. The summed E-state index contributed by atoms with van der Waals surface area (Å²) in [5.74, 6) is 0. The second kappa shape index (κ2) is 7.12. The molecule has 2 rings (SSSR count). The fourth-order valence-corrected chi connectivity index (χ4v) is 2.53. The molecule has 3 heteroatoms. The van der Waals surface area contributed by atoms with Crippen LogP contribution in [0.25, 0.3) is 0 Å². The highest BCUT2D eigenvalue weighted by atomic mass is 35.5. The summed E-state index contributed by atoms with van der Waals surface area (Å²) < 4.78 is 0. The number of aliphatic hydroxyl groups excluding tert-OH is 1. The summed E-state index contributed by atoms with van der Waals surface area (Å²) in [4.78, 5) is 0. The molecule has 1 N–H and O–H groups in total. The zero-order chi connectivity index (χ0) is 14.5. The van der Waals surface area contributed by atoms with Crippen LogP contribution < -0.4 is 0 Å². The molecule has 20 heavy (non-hydrogen) atoms. The molecule has 106 valence electrons. The second-order valence-corrected chi connectivity index (χ2v) is 5.96. The summed E-state index contributed by atoms with van der Waals surface area (Å²) in [6, 6.07) is 13.7. The molecule has 2 aromatic rings. The number of rotatable bonds is 5. The van der Waals surface area contributed by atoms with Crippen LogP contribution in [-0.4, -0.2) is 11.2 Å². The van der Waals surface area contributed by atoms with Gasteiger partial charge in [-0.15, -0.1) is 0 Å². The van der Waals surface area contributed by atoms with E-state index in [2.05, 4.69) is 31.2 Å². The maximum Gasteiger partial charge on any atom is 0.0584 e. The third kappa shape index (κ3) is 4.52. The topological polar surface area (TPSA) is 20.2 Å². The first kappa shape index (κ1) is 15.4. The van der Waals surface area contributed by atoms with Gasteiger partial charge in [0.2, 0.25) is 0 Å². The van der Waals surface area contributed by atoms with Gasteiger partial charge in [-0.3, -0.25) is 0 Å². The van der Waals surface area contributed by atoms with E-state index in [0.29, 0.717) is 22.9 Å². The number of aryl methyl sites for hydroxylation is 2. The Morgan fingerprint density at radius 2 is 1.75 bits per heavy atom. The molecule has 0 radical (unpaired) electrons. The lowest BCUT2D eigenvalue weighted by Crippen LogP contribution is -2.12. The van der Waals surface area contributed by atoms with Crippen LogP contribution in [0.3, 0.4) is 0 Å². The largest absolute Gasteiger partial charge is 0.393 e. The summed E-state index contributed by atoms with van der Waals surface area (Å²) in [7, 11) is 0. The van der Waals surface area contributed by atoms with E-state index in [0.717, 1.165) is 12.0 Å². The molecule has 0 spiro atoms. The van der Waals surface area contributed by atoms with E-state index in [1.807, 2.05) is 6.07 Å². The molecule has 0 aliphatic carbocycles. The third-order valence-electron chi connectivity index (χ3n) is 3.35. The average molecular weight is 309 g/mol. The summed E-state index contributed by atoms with van der Waals surface area (Å²) >= 11 is 12.1. The van der Waals surface area contributed by atoms with Crippen LogP contribution in [0.4, 0.5) is 0 Å². The predicted octanol–water partition coefficient (Wildman–Crippen LogP) is 4.84. The minimum Gasteiger partial charge on any atom is -0.393 e. The maximum atomic E-state index is 10.1. The Bertz CT molecular complexity index is 564. The Balaban J connectivity index is 1.90. The van der Waals surface area contributed by atoms with Gasteiger partial charge in [-0.25, -0.2) is 0 Å². The van der Waals surface area contributed by atoms with Crippen LogP contribution in [0.15, 0.2) is 42.5 Å². The van der Waals surface area contributed by atoms with E-state index < -0.39 is 6.10 Å². The highest BCUT2D eigenvalue weighted by molar-refractivity contribution is 6.33. The van der Waals surface area contributed by atoms with Gasteiger partial charge in [-0.1, -0.05) is 53.0 Å². The fraction of sp³-hybridized carbons (Fsp3) is 0.294. The van der Waals surface area contributed by atoms with Gasteiger partial charge < -0.3 is 5.11 Å². The molecule has 2 aromatic carbocycles. The molecular formula is C17H18Cl2O. The lowest BCUT2D eigenvalue weighted by atomic mass is 10.0. The molecule has 0 aliphatic heterocycles. The first-order valence-corrected chi connectivity index (χ1v) is 7.48. The highest BCUT2D eigenvalue weighted by Gasteiger charge is 2.09. The van der Waals surface area contributed by atoms with Gasteiger partial charge in [-0.05, 0) is 55.5 Å². The zero-order valence-electron chi connectivity index (χ0n) is 11.4. The van der Waals surface area contributed by atoms with Gasteiger partial charge in [0, 0.05) is 10.0 Å². The molecule has 0 fully saturated rings. The number of halogens is 2. The molecular weight excluding hydrogens is 291 g/mol. The van der Waals surface area contributed by atoms with Crippen LogP contribution in [0.2, 0.25) is 10.0 Å². The fourth-order valence-electron chi connectivity index (χ4n) is 2.14. The molecule has 0 saturated heterocycles. The molecule has 1 unspecified atom stereocenters. The van der Waals surface area contributed by atoms with E-state index in [4.69, 9.17) is 23.2 Å². The van der Waals surface area contributed by atoms with Crippen LogP contribution in [0, 0.1) is 6.92 Å². The first-order chi connectivity index (χ1) is 9.54. The Morgan fingerprint density at radius 1 is 1.05 bits per heavy atom. The summed E-state index contributed by atoms with van der Waals surface area (Å²) in [5.41, 5.74) is 3.39. The van der Waals surface area contributed by atoms with Gasteiger partial charge in [0.25, 0.3) is 0 Å². The molecule has 0 heterocycles. The zero-order valence-corrected chi connectivity index (χ0v) is 13.0. The molecule has 0 amide bonds. The summed E-state index contributed by atoms with van der Waals surface area (Å²) in [5, 5.41) is 11.4. The molecule has 0 saturated carbocycles. The number of hydrogen-bond acceptors (Lipinski definition) is 1. The second-order valence-electron chi connectivity index (χ2n) is 5.12. The van der Waals surface area contributed by atoms with Gasteiger partial charge in [-0.2, -0.15) is 0 Å². The van der Waals surface area contributed by atoms with Crippen LogP contribution in [0.1, 0.15) is 23.1 Å². The number of aliphatic hydroxyl groups is 1. The van der Waals surface area contributed by atoms with Crippen molar-refractivity contribution in [1.29, 1.82) is 0 Å². The van der Waals surface area contributed by atoms with Crippen molar-refractivity contribution in [2.45, 2.75) is 32.3 Å². The van der Waals surface area contributed by atoms with Crippen molar-refractivity contribution in [2.75, 3.05) is 0 Å². The van der Waals surface area contributed by atoms with Crippen molar-refractivity contribution in [3.8, 4) is 0 Å². The minimum absolute atomic E-state index is 0.410. The lowest BCUT2D eigenvalue weighted by Gasteiger charge is -2.12. The molecule has 0 aromatic heterocycles. The third-order valence-corrected chi connectivity index (χ3v) is 3.95. The smallest absolute Gasteiger partial charge is 0.0584 e. The van der Waals surface area contributed by atoms with Crippen molar-refractivity contribution in [1.82, 2.24) is 0 Å². The SMILES string of the molecule is Cc1ccc(CCC(O)Cc2cc(Cl)ccc2Cl)cc1. The Kier molecular flexibility index (Phi) is 5.47. The number of hydrogen-bond donors (Lipinski definition) is 1. The molecule has 1 atom stereocenters. The Hall–Kier alpha value is -1.02. The number of benzene rings is 2. The van der Waals surface area contributed by atoms with Gasteiger partial charge in [0.15, 0.2) is 0 Å². The quantitative estimate of drug-likeness (QED) is 0.838. The van der Waals surface area contributed by atoms with E-state index in [1.54, 1.807) is 12.1 Å². The van der Waals surface area contributed by atoms with Crippen LogP contribution in [-0.2, 0) is 12.8 Å². The van der Waals surface area contributed by atoms with E-state index >= 15 is 0 Å². The van der Waals surface area contributed by atoms with E-state index in [1.165, 1.54) is 11.1 Å².